The van der Waals surface area contributed by atoms with E-state index in [-0.39, 0.29) is 30.1 Å². The van der Waals surface area contributed by atoms with Crippen LogP contribution in [0.1, 0.15) is 60.3 Å². The van der Waals surface area contributed by atoms with Crippen molar-refractivity contribution in [1.29, 1.82) is 0 Å². The number of halogens is 3. The summed E-state index contributed by atoms with van der Waals surface area (Å²) in [6.07, 6.45) is 6.84. The Labute approximate surface area is 196 Å². The number of fused-ring (bicyclic) bond motifs is 1. The summed E-state index contributed by atoms with van der Waals surface area (Å²) in [6, 6.07) is 10.5. The van der Waals surface area contributed by atoms with Gasteiger partial charge in [-0.05, 0) is 91.7 Å². The molecule has 7 heteroatoms. The first-order chi connectivity index (χ1) is 14.8. The summed E-state index contributed by atoms with van der Waals surface area (Å²) in [5, 5.41) is 0. The van der Waals surface area contributed by atoms with Crippen LogP contribution in [-0.2, 0) is 29.1 Å². The van der Waals surface area contributed by atoms with Gasteiger partial charge in [-0.2, -0.15) is 0 Å². The Kier molecular flexibility index (Phi) is 8.34. The van der Waals surface area contributed by atoms with E-state index in [2.05, 4.69) is 18.2 Å². The molecule has 2 atom stereocenters. The second kappa shape index (κ2) is 10.6. The molecule has 0 bridgehead atoms. The summed E-state index contributed by atoms with van der Waals surface area (Å²) in [5.74, 6) is -0.562. The Morgan fingerprint density at radius 3 is 2.41 bits per heavy atom. The van der Waals surface area contributed by atoms with Crippen LogP contribution in [-0.4, -0.2) is 26.0 Å². The van der Waals surface area contributed by atoms with Gasteiger partial charge in [-0.3, -0.25) is 0 Å². The quantitative estimate of drug-likeness (QED) is 0.503. The van der Waals surface area contributed by atoms with Crippen LogP contribution in [0.25, 0.3) is 0 Å². The normalized spacial score (nSPS) is 20.5. The van der Waals surface area contributed by atoms with Gasteiger partial charge >= 0.3 is 0 Å². The molecule has 32 heavy (non-hydrogen) atoms. The first-order valence-electron chi connectivity index (χ1n) is 11.3. The fourth-order valence-corrected chi connectivity index (χ4v) is 6.55. The molecule has 2 N–H and O–H groups in total. The second-order valence-corrected chi connectivity index (χ2v) is 11.5. The van der Waals surface area contributed by atoms with Gasteiger partial charge in [-0.15, -0.1) is 12.4 Å². The van der Waals surface area contributed by atoms with Crippen LogP contribution in [0.4, 0.5) is 8.78 Å². The van der Waals surface area contributed by atoms with Crippen LogP contribution in [0.15, 0.2) is 36.4 Å². The molecule has 2 aromatic carbocycles. The van der Waals surface area contributed by atoms with Crippen molar-refractivity contribution < 1.29 is 17.2 Å². The van der Waals surface area contributed by atoms with E-state index in [0.29, 0.717) is 24.5 Å². The number of rotatable bonds is 9. The minimum absolute atomic E-state index is 0. The molecular weight excluding hydrogens is 452 g/mol. The fourth-order valence-electron chi connectivity index (χ4n) is 4.69. The van der Waals surface area contributed by atoms with Gasteiger partial charge in [-0.1, -0.05) is 24.3 Å². The number of nitrogens with two attached hydrogens (primary N) is 1. The van der Waals surface area contributed by atoms with Crippen LogP contribution >= 0.6 is 12.4 Å². The molecule has 2 unspecified atom stereocenters. The molecule has 0 spiro atoms. The molecule has 2 aliphatic rings. The maximum absolute atomic E-state index is 13.7. The van der Waals surface area contributed by atoms with Crippen LogP contribution in [0.2, 0.25) is 0 Å². The molecule has 2 aromatic rings. The third-order valence-electron chi connectivity index (χ3n) is 6.67. The molecule has 0 radical (unpaired) electrons. The Morgan fingerprint density at radius 2 is 1.69 bits per heavy atom. The predicted octanol–water partition coefficient (Wildman–Crippen LogP) is 5.13. The average Bonchev–Trinajstić information content (AvgIpc) is 3.53. The molecule has 4 rings (SSSR count). The Balaban J connectivity index is 0.00000289. The van der Waals surface area contributed by atoms with Crippen molar-refractivity contribution in [1.82, 2.24) is 0 Å². The fraction of sp³-hybridized carbons (Fsp3) is 0.520. The smallest absolute Gasteiger partial charge is 0.159 e. The van der Waals surface area contributed by atoms with Crippen molar-refractivity contribution >= 4 is 22.2 Å². The summed E-state index contributed by atoms with van der Waals surface area (Å²) >= 11 is 0. The maximum Gasteiger partial charge on any atom is 0.159 e. The van der Waals surface area contributed by atoms with Crippen molar-refractivity contribution in [3.05, 3.63) is 70.3 Å². The minimum Gasteiger partial charge on any atom is -0.327 e. The summed E-state index contributed by atoms with van der Waals surface area (Å²) < 4.78 is 51.2. The lowest BCUT2D eigenvalue weighted by atomic mass is 9.76. The highest BCUT2D eigenvalue weighted by molar-refractivity contribution is 7.91. The summed E-state index contributed by atoms with van der Waals surface area (Å²) in [4.78, 5) is 0. The zero-order valence-corrected chi connectivity index (χ0v) is 19.9. The van der Waals surface area contributed by atoms with E-state index in [1.807, 2.05) is 0 Å². The van der Waals surface area contributed by atoms with E-state index in [0.717, 1.165) is 44.1 Å². The van der Waals surface area contributed by atoms with Crippen molar-refractivity contribution in [2.45, 2.75) is 63.3 Å². The van der Waals surface area contributed by atoms with Crippen molar-refractivity contribution in [2.24, 2.45) is 11.7 Å². The van der Waals surface area contributed by atoms with Crippen molar-refractivity contribution in [3.8, 4) is 0 Å². The predicted molar refractivity (Wildman–Crippen MR) is 127 cm³/mol. The molecule has 0 heterocycles. The number of hydrogen-bond donors (Lipinski definition) is 1. The van der Waals surface area contributed by atoms with Gasteiger partial charge in [0.15, 0.2) is 21.5 Å². The molecule has 176 valence electrons. The van der Waals surface area contributed by atoms with Gasteiger partial charge in [0.1, 0.15) is 0 Å². The molecule has 0 aliphatic heterocycles. The molecule has 1 fully saturated rings. The van der Waals surface area contributed by atoms with E-state index < -0.39 is 21.5 Å². The second-order valence-electron chi connectivity index (χ2n) is 9.31. The molecule has 3 nitrogen and oxygen atoms in total. The molecule has 0 amide bonds. The van der Waals surface area contributed by atoms with Gasteiger partial charge in [0.25, 0.3) is 0 Å². The molecule has 1 saturated carbocycles. The number of hydrogen-bond acceptors (Lipinski definition) is 3. The molecule has 2 aliphatic carbocycles. The molecular formula is C25H32ClF2NO2S. The average molecular weight is 484 g/mol. The van der Waals surface area contributed by atoms with Crippen LogP contribution in [0.3, 0.4) is 0 Å². The van der Waals surface area contributed by atoms with Crippen LogP contribution in [0.5, 0.6) is 0 Å². The first-order valence-corrected chi connectivity index (χ1v) is 13.1. The largest absolute Gasteiger partial charge is 0.327 e. The third-order valence-corrected chi connectivity index (χ3v) is 8.56. The monoisotopic (exact) mass is 483 g/mol. The zero-order valence-electron chi connectivity index (χ0n) is 18.2. The third kappa shape index (κ3) is 6.52. The van der Waals surface area contributed by atoms with Gasteiger partial charge in [-0.25, -0.2) is 17.2 Å². The first kappa shape index (κ1) is 25.1. The van der Waals surface area contributed by atoms with E-state index in [9.17, 15) is 17.2 Å². The summed E-state index contributed by atoms with van der Waals surface area (Å²) in [6.45, 7) is 0. The van der Waals surface area contributed by atoms with E-state index in [4.69, 9.17) is 5.73 Å². The van der Waals surface area contributed by atoms with Gasteiger partial charge in [0.2, 0.25) is 0 Å². The van der Waals surface area contributed by atoms with Crippen molar-refractivity contribution in [3.63, 3.8) is 0 Å². The number of sulfone groups is 1. The lowest BCUT2D eigenvalue weighted by molar-refractivity contribution is 0.463. The SMILES string of the molecule is Cl.NC1CCc2ccc(CCCCS(=O)(=O)CC3CC3)cc2C1Cc1ccc(F)c(F)c1. The summed E-state index contributed by atoms with van der Waals surface area (Å²) in [5.41, 5.74) is 10.8. The topological polar surface area (TPSA) is 60.2 Å². The Morgan fingerprint density at radius 1 is 0.938 bits per heavy atom. The highest BCUT2D eigenvalue weighted by Crippen LogP contribution is 2.35. The van der Waals surface area contributed by atoms with Gasteiger partial charge in [0, 0.05) is 12.0 Å². The maximum atomic E-state index is 13.7. The highest BCUT2D eigenvalue weighted by Gasteiger charge is 2.28. The Hall–Kier alpha value is -1.50. The minimum atomic E-state index is -2.92. The van der Waals surface area contributed by atoms with E-state index in [1.54, 1.807) is 6.07 Å². The summed E-state index contributed by atoms with van der Waals surface area (Å²) in [7, 11) is -2.92. The number of benzene rings is 2. The van der Waals surface area contributed by atoms with E-state index in [1.165, 1.54) is 28.8 Å². The van der Waals surface area contributed by atoms with Crippen LogP contribution in [0, 0.1) is 17.6 Å². The van der Waals surface area contributed by atoms with Crippen molar-refractivity contribution in [2.75, 3.05) is 11.5 Å². The van der Waals surface area contributed by atoms with E-state index >= 15 is 0 Å². The Bertz CT molecular complexity index is 1040. The number of unbranched alkanes of at least 4 members (excludes halogenated alkanes) is 1. The highest BCUT2D eigenvalue weighted by atomic mass is 35.5. The van der Waals surface area contributed by atoms with Crippen LogP contribution < -0.4 is 5.73 Å². The van der Waals surface area contributed by atoms with Gasteiger partial charge < -0.3 is 5.73 Å². The lowest BCUT2D eigenvalue weighted by Gasteiger charge is -2.32. The molecule has 0 aromatic heterocycles. The standard InChI is InChI=1S/C25H31F2NO2S.ClH/c26-23-10-7-19(15-24(23)27)14-22-21-13-17(6-8-20(21)9-11-25(22)28)3-1-2-12-31(29,30)16-18-4-5-18;/h6-8,10,13,15,18,22,25H,1-5,9,11-12,14,16,28H2;1H. The van der Waals surface area contributed by atoms with Gasteiger partial charge in [0.05, 0.1) is 11.5 Å². The number of aryl methyl sites for hydroxylation is 2. The molecule has 0 saturated heterocycles. The lowest BCUT2D eigenvalue weighted by Crippen LogP contribution is -2.34. The zero-order chi connectivity index (χ0) is 22.0.